The van der Waals surface area contributed by atoms with Crippen molar-refractivity contribution in [3.63, 3.8) is 0 Å². The molecule has 9 heavy (non-hydrogen) atoms. The molecule has 0 bridgehead atoms. The van der Waals surface area contributed by atoms with E-state index in [0.29, 0.717) is 5.84 Å². The number of carbonyl (C=O) groups excluding carboxylic acids is 1. The summed E-state index contributed by atoms with van der Waals surface area (Å²) in [5.41, 5.74) is 0. The summed E-state index contributed by atoms with van der Waals surface area (Å²) >= 11 is 0. The molecule has 1 N–H and O–H groups in total. The molecule has 0 atom stereocenters. The smallest absolute Gasteiger partial charge is 0.224 e. The number of amides is 1. The third kappa shape index (κ3) is 1.09. The fraction of sp³-hybridized carbons (Fsp3) is 0.667. The zero-order chi connectivity index (χ0) is 6.85. The van der Waals surface area contributed by atoms with Gasteiger partial charge in [-0.3, -0.25) is 10.2 Å². The highest BCUT2D eigenvalue weighted by molar-refractivity contribution is 5.96. The Morgan fingerprint density at radius 1 is 1.78 bits per heavy atom. The molecule has 0 aliphatic carbocycles. The van der Waals surface area contributed by atoms with E-state index in [1.165, 1.54) is 11.8 Å². The van der Waals surface area contributed by atoms with Crippen LogP contribution in [0.1, 0.15) is 19.8 Å². The fourth-order valence-electron chi connectivity index (χ4n) is 1.02. The van der Waals surface area contributed by atoms with Crippen LogP contribution in [0.25, 0.3) is 0 Å². The van der Waals surface area contributed by atoms with Crippen molar-refractivity contribution in [3.8, 4) is 0 Å². The number of likely N-dealkylation sites (tertiary alicyclic amines) is 1. The van der Waals surface area contributed by atoms with Gasteiger partial charge in [0.25, 0.3) is 0 Å². The maximum absolute atomic E-state index is 10.6. The first kappa shape index (κ1) is 6.26. The van der Waals surface area contributed by atoms with Gasteiger partial charge in [0, 0.05) is 19.9 Å². The summed E-state index contributed by atoms with van der Waals surface area (Å²) in [6.45, 7) is 2.24. The van der Waals surface area contributed by atoms with Gasteiger partial charge in [0.15, 0.2) is 0 Å². The van der Waals surface area contributed by atoms with Crippen molar-refractivity contribution in [3.05, 3.63) is 0 Å². The molecule has 0 radical (unpaired) electrons. The third-order valence-corrected chi connectivity index (χ3v) is 1.50. The molecular formula is C6H10N2O. The van der Waals surface area contributed by atoms with E-state index in [9.17, 15) is 4.79 Å². The lowest BCUT2D eigenvalue weighted by Crippen LogP contribution is -2.28. The summed E-state index contributed by atoms with van der Waals surface area (Å²) in [5.74, 6) is 0.472. The first-order chi connectivity index (χ1) is 4.22. The molecule has 0 spiro atoms. The lowest BCUT2D eigenvalue weighted by atomic mass is 10.4. The summed E-state index contributed by atoms with van der Waals surface area (Å²) in [6.07, 6.45) is 1.72. The minimum Gasteiger partial charge on any atom is -0.301 e. The lowest BCUT2D eigenvalue weighted by molar-refractivity contribution is -0.124. The van der Waals surface area contributed by atoms with Crippen LogP contribution in [-0.4, -0.2) is 23.2 Å². The Bertz CT molecular complexity index is 153. The average molecular weight is 126 g/mol. The van der Waals surface area contributed by atoms with Crippen molar-refractivity contribution in [1.29, 1.82) is 5.41 Å². The van der Waals surface area contributed by atoms with E-state index in [2.05, 4.69) is 0 Å². The molecule has 1 saturated heterocycles. The molecule has 50 valence electrons. The summed E-state index contributed by atoms with van der Waals surface area (Å²) in [5, 5.41) is 7.24. The highest BCUT2D eigenvalue weighted by Crippen LogP contribution is 2.08. The van der Waals surface area contributed by atoms with Gasteiger partial charge in [0.2, 0.25) is 5.91 Å². The largest absolute Gasteiger partial charge is 0.301 e. The molecule has 0 aromatic carbocycles. The van der Waals surface area contributed by atoms with E-state index >= 15 is 0 Å². The van der Waals surface area contributed by atoms with Gasteiger partial charge in [-0.1, -0.05) is 0 Å². The predicted octanol–water partition coefficient (Wildman–Crippen LogP) is 0.606. The van der Waals surface area contributed by atoms with Gasteiger partial charge in [-0.25, -0.2) is 0 Å². The maximum atomic E-state index is 10.6. The van der Waals surface area contributed by atoms with Gasteiger partial charge in [-0.15, -0.1) is 0 Å². The Morgan fingerprint density at radius 2 is 2.44 bits per heavy atom. The predicted molar refractivity (Wildman–Crippen MR) is 34.3 cm³/mol. The first-order valence-corrected chi connectivity index (χ1v) is 3.07. The Balaban J connectivity index is 2.60. The van der Waals surface area contributed by atoms with Crippen LogP contribution in [0, 0.1) is 5.41 Å². The highest BCUT2D eigenvalue weighted by Gasteiger charge is 2.19. The number of nitrogens with one attached hydrogen (secondary N) is 1. The number of carbonyl (C=O) groups is 1. The van der Waals surface area contributed by atoms with Gasteiger partial charge < -0.3 is 4.90 Å². The van der Waals surface area contributed by atoms with Gasteiger partial charge in [0.05, 0.1) is 0 Å². The van der Waals surface area contributed by atoms with E-state index in [4.69, 9.17) is 5.41 Å². The Kier molecular flexibility index (Phi) is 1.51. The van der Waals surface area contributed by atoms with Crippen molar-refractivity contribution in [1.82, 2.24) is 4.90 Å². The Morgan fingerprint density at radius 3 is 2.67 bits per heavy atom. The van der Waals surface area contributed by atoms with Crippen LogP contribution in [0.2, 0.25) is 0 Å². The van der Waals surface area contributed by atoms with E-state index in [1.54, 1.807) is 0 Å². The normalized spacial score (nSPS) is 18.8. The molecule has 3 nitrogen and oxygen atoms in total. The Hall–Kier alpha value is -0.860. The summed E-state index contributed by atoms with van der Waals surface area (Å²) in [7, 11) is 0. The lowest BCUT2D eigenvalue weighted by Gasteiger charge is -2.11. The molecule has 1 heterocycles. The van der Waals surface area contributed by atoms with Gasteiger partial charge in [-0.05, 0) is 6.42 Å². The second kappa shape index (κ2) is 2.17. The molecule has 0 saturated carbocycles. The number of hydrogen-bond acceptors (Lipinski definition) is 2. The van der Waals surface area contributed by atoms with Crippen molar-refractivity contribution in [2.45, 2.75) is 19.8 Å². The van der Waals surface area contributed by atoms with E-state index in [-0.39, 0.29) is 5.91 Å². The molecule has 1 aliphatic rings. The molecule has 0 unspecified atom stereocenters. The van der Waals surface area contributed by atoms with Crippen LogP contribution in [0.4, 0.5) is 0 Å². The SMILES string of the molecule is CC(=O)N1CCCC1=N. The molecule has 0 aromatic rings. The molecular weight excluding hydrogens is 116 g/mol. The molecule has 0 aromatic heterocycles. The number of rotatable bonds is 0. The molecule has 1 rings (SSSR count). The van der Waals surface area contributed by atoms with Crippen molar-refractivity contribution < 1.29 is 4.79 Å². The molecule has 1 amide bonds. The van der Waals surface area contributed by atoms with Crippen LogP contribution in [0.3, 0.4) is 0 Å². The molecule has 1 aliphatic heterocycles. The van der Waals surface area contributed by atoms with Gasteiger partial charge in [-0.2, -0.15) is 0 Å². The quantitative estimate of drug-likeness (QED) is 0.507. The second-order valence-electron chi connectivity index (χ2n) is 2.22. The minimum atomic E-state index is -0.00231. The first-order valence-electron chi connectivity index (χ1n) is 3.07. The highest BCUT2D eigenvalue weighted by atomic mass is 16.2. The van der Waals surface area contributed by atoms with Crippen molar-refractivity contribution in [2.24, 2.45) is 0 Å². The minimum absolute atomic E-state index is 0.00231. The standard InChI is InChI=1S/C6H10N2O/c1-5(9)8-4-2-3-6(8)7/h7H,2-4H2,1H3. The number of nitrogens with zero attached hydrogens (tertiary/aromatic N) is 1. The van der Waals surface area contributed by atoms with Crippen LogP contribution < -0.4 is 0 Å². The molecule has 3 heteroatoms. The Labute approximate surface area is 54.2 Å². The average Bonchev–Trinajstić information content (AvgIpc) is 2.13. The number of hydrogen-bond donors (Lipinski definition) is 1. The van der Waals surface area contributed by atoms with Crippen molar-refractivity contribution >= 4 is 11.7 Å². The van der Waals surface area contributed by atoms with Crippen LogP contribution in [0.5, 0.6) is 0 Å². The topological polar surface area (TPSA) is 44.2 Å². The van der Waals surface area contributed by atoms with Gasteiger partial charge >= 0.3 is 0 Å². The number of amidine groups is 1. The van der Waals surface area contributed by atoms with Crippen molar-refractivity contribution in [2.75, 3.05) is 6.54 Å². The third-order valence-electron chi connectivity index (χ3n) is 1.50. The fourth-order valence-corrected chi connectivity index (χ4v) is 1.02. The molecule has 1 fully saturated rings. The van der Waals surface area contributed by atoms with Gasteiger partial charge in [0.1, 0.15) is 5.84 Å². The summed E-state index contributed by atoms with van der Waals surface area (Å²) < 4.78 is 0. The summed E-state index contributed by atoms with van der Waals surface area (Å²) in [6, 6.07) is 0. The van der Waals surface area contributed by atoms with E-state index in [1.807, 2.05) is 0 Å². The monoisotopic (exact) mass is 126 g/mol. The maximum Gasteiger partial charge on any atom is 0.224 e. The second-order valence-corrected chi connectivity index (χ2v) is 2.22. The zero-order valence-corrected chi connectivity index (χ0v) is 5.48. The van der Waals surface area contributed by atoms with Crippen LogP contribution in [-0.2, 0) is 4.79 Å². The van der Waals surface area contributed by atoms with Crippen LogP contribution >= 0.6 is 0 Å². The van der Waals surface area contributed by atoms with E-state index < -0.39 is 0 Å². The zero-order valence-electron chi connectivity index (χ0n) is 5.48. The van der Waals surface area contributed by atoms with Crippen LogP contribution in [0.15, 0.2) is 0 Å². The summed E-state index contributed by atoms with van der Waals surface area (Å²) in [4.78, 5) is 12.2. The van der Waals surface area contributed by atoms with E-state index in [0.717, 1.165) is 19.4 Å².